The van der Waals surface area contributed by atoms with E-state index in [1.807, 2.05) is 70.3 Å². The molecule has 14 heteroatoms. The van der Waals surface area contributed by atoms with Crippen LogP contribution in [0.2, 0.25) is 0 Å². The van der Waals surface area contributed by atoms with Crippen LogP contribution in [0.25, 0.3) is 0 Å². The summed E-state index contributed by atoms with van der Waals surface area (Å²) in [6.45, 7) is 10.3. The molecule has 2 fully saturated rings. The van der Waals surface area contributed by atoms with E-state index in [2.05, 4.69) is 20.9 Å². The topological polar surface area (TPSA) is 142 Å². The average molecular weight is 773 g/mol. The molecule has 12 nitrogen and oxygen atoms in total. The number of rotatable bonds is 19. The number of alkyl halides is 1. The third kappa shape index (κ3) is 10.4. The van der Waals surface area contributed by atoms with Crippen molar-refractivity contribution in [3.05, 3.63) is 52.5 Å². The van der Waals surface area contributed by atoms with Crippen LogP contribution >= 0.6 is 11.3 Å². The number of hydrogen-bond acceptors (Lipinski definition) is 9. The van der Waals surface area contributed by atoms with Crippen molar-refractivity contribution >= 4 is 35.0 Å². The molecule has 0 bridgehead atoms. The van der Waals surface area contributed by atoms with Crippen LogP contribution in [0.1, 0.15) is 83.3 Å². The average Bonchev–Trinajstić information content (AvgIpc) is 3.97. The minimum absolute atomic E-state index is 0.00218. The standard InChI is InChI=1S/C40H61FN6O6S/c1-9-26(4)34(46(6)38(50)33(25(2)3)45-39(51)40(41)17-18-42-24-40)31(52-7)23-32(48)47-20-13-16-30(47)35(53-8)27(5)36(49)44-29(37-43-19-21-54-37)22-28-14-11-10-12-15-28/h10-12,14-15,19,21,25-27,29-31,33-35,42H,9,13,16-18,20,22-24H2,1-8H3,(H,44,49)(H,45,51)/t26-,27+,29-,30?,31+,33-,34-,35+,40+/m0/s1. The van der Waals surface area contributed by atoms with Gasteiger partial charge >= 0.3 is 0 Å². The van der Waals surface area contributed by atoms with Gasteiger partial charge in [-0.15, -0.1) is 11.3 Å². The monoisotopic (exact) mass is 772 g/mol. The van der Waals surface area contributed by atoms with Crippen molar-refractivity contribution in [3.8, 4) is 0 Å². The Labute approximate surface area is 324 Å². The molecule has 2 aromatic rings. The molecule has 2 aliphatic rings. The van der Waals surface area contributed by atoms with E-state index in [1.165, 1.54) is 18.4 Å². The summed E-state index contributed by atoms with van der Waals surface area (Å²) in [7, 11) is 4.77. The molecule has 2 aliphatic heterocycles. The number of amides is 4. The zero-order valence-corrected chi connectivity index (χ0v) is 34.0. The van der Waals surface area contributed by atoms with Gasteiger partial charge in [0.2, 0.25) is 23.4 Å². The molecule has 0 saturated carbocycles. The zero-order valence-electron chi connectivity index (χ0n) is 33.2. The Morgan fingerprint density at radius 1 is 1.11 bits per heavy atom. The van der Waals surface area contributed by atoms with Crippen molar-refractivity contribution < 1.29 is 33.0 Å². The summed E-state index contributed by atoms with van der Waals surface area (Å²) in [4.78, 5) is 63.1. The lowest BCUT2D eigenvalue weighted by Gasteiger charge is -2.41. The molecular formula is C40H61FN6O6S. The number of ether oxygens (including phenoxy) is 2. The van der Waals surface area contributed by atoms with Crippen LogP contribution in [0, 0.1) is 17.8 Å². The fourth-order valence-electron chi connectivity index (χ4n) is 7.92. The molecule has 1 unspecified atom stereocenters. The number of carbonyl (C=O) groups is 4. The van der Waals surface area contributed by atoms with Crippen LogP contribution in [-0.4, -0.2) is 115 Å². The largest absolute Gasteiger partial charge is 0.379 e. The summed E-state index contributed by atoms with van der Waals surface area (Å²) < 4.78 is 27.3. The van der Waals surface area contributed by atoms with E-state index in [0.717, 1.165) is 17.0 Å². The highest BCUT2D eigenvalue weighted by molar-refractivity contribution is 7.09. The number of aromatic nitrogens is 1. The van der Waals surface area contributed by atoms with Crippen molar-refractivity contribution in [3.63, 3.8) is 0 Å². The van der Waals surface area contributed by atoms with Crippen LogP contribution < -0.4 is 16.0 Å². The SMILES string of the molecule is CC[C@H](C)[C@@H]([C@@H](CC(=O)N1CCCC1[C@H](OC)[C@@H](C)C(=O)N[C@@H](Cc1ccccc1)c1nccs1)OC)N(C)C(=O)[C@@H](NC(=O)[C@@]1(F)CCNC1)C(C)C. The highest BCUT2D eigenvalue weighted by Gasteiger charge is 2.46. The van der Waals surface area contributed by atoms with Crippen molar-refractivity contribution in [1.29, 1.82) is 0 Å². The van der Waals surface area contributed by atoms with Gasteiger partial charge in [-0.1, -0.05) is 71.4 Å². The van der Waals surface area contributed by atoms with Gasteiger partial charge in [-0.25, -0.2) is 9.37 Å². The molecule has 4 amide bonds. The molecule has 2 saturated heterocycles. The van der Waals surface area contributed by atoms with Crippen molar-refractivity contribution in [2.24, 2.45) is 17.8 Å². The molecule has 3 N–H and O–H groups in total. The molecule has 54 heavy (non-hydrogen) atoms. The Bertz CT molecular complexity index is 1510. The Morgan fingerprint density at radius 2 is 1.83 bits per heavy atom. The van der Waals surface area contributed by atoms with Gasteiger partial charge in [-0.3, -0.25) is 19.2 Å². The highest BCUT2D eigenvalue weighted by Crippen LogP contribution is 2.31. The Morgan fingerprint density at radius 3 is 2.41 bits per heavy atom. The first-order chi connectivity index (χ1) is 25.8. The molecule has 0 radical (unpaired) electrons. The minimum Gasteiger partial charge on any atom is -0.379 e. The number of methoxy groups -OCH3 is 2. The maximum Gasteiger partial charge on any atom is 0.259 e. The summed E-state index contributed by atoms with van der Waals surface area (Å²) in [5.41, 5.74) is -0.990. The number of nitrogens with one attached hydrogen (secondary N) is 3. The molecule has 3 heterocycles. The quantitative estimate of drug-likeness (QED) is 0.192. The molecular weight excluding hydrogens is 712 g/mol. The predicted octanol–water partition coefficient (Wildman–Crippen LogP) is 4.31. The Kier molecular flexibility index (Phi) is 16.0. The summed E-state index contributed by atoms with van der Waals surface area (Å²) in [6, 6.07) is 7.82. The van der Waals surface area contributed by atoms with E-state index in [1.54, 1.807) is 30.2 Å². The van der Waals surface area contributed by atoms with Gasteiger partial charge in [0.05, 0.1) is 42.7 Å². The molecule has 4 rings (SSSR count). The summed E-state index contributed by atoms with van der Waals surface area (Å²) in [5.74, 6) is -2.45. The Hall–Kier alpha value is -3.46. The lowest BCUT2D eigenvalue weighted by atomic mass is 9.89. The lowest BCUT2D eigenvalue weighted by molar-refractivity contribution is -0.148. The second kappa shape index (κ2) is 19.9. The summed E-state index contributed by atoms with van der Waals surface area (Å²) in [5, 5.41) is 11.5. The number of nitrogens with zero attached hydrogens (tertiary/aromatic N) is 3. The highest BCUT2D eigenvalue weighted by atomic mass is 32.1. The van der Waals surface area contributed by atoms with E-state index in [-0.39, 0.29) is 61.0 Å². The molecule has 1 aromatic carbocycles. The van der Waals surface area contributed by atoms with Crippen molar-refractivity contribution in [2.45, 2.75) is 115 Å². The number of halogens is 1. The van der Waals surface area contributed by atoms with E-state index in [4.69, 9.17) is 9.47 Å². The molecule has 1 aromatic heterocycles. The van der Waals surface area contributed by atoms with Crippen LogP contribution in [-0.2, 0) is 35.1 Å². The van der Waals surface area contributed by atoms with E-state index < -0.39 is 41.8 Å². The molecule has 9 atom stereocenters. The fraction of sp³-hybridized carbons (Fsp3) is 0.675. The van der Waals surface area contributed by atoms with Crippen molar-refractivity contribution in [1.82, 2.24) is 30.7 Å². The zero-order chi connectivity index (χ0) is 39.6. The number of likely N-dealkylation sites (tertiary alicyclic amines) is 1. The van der Waals surface area contributed by atoms with E-state index in [0.29, 0.717) is 32.4 Å². The number of carbonyl (C=O) groups excluding carboxylic acids is 4. The van der Waals surface area contributed by atoms with Gasteiger partial charge in [-0.2, -0.15) is 0 Å². The van der Waals surface area contributed by atoms with Crippen LogP contribution in [0.3, 0.4) is 0 Å². The number of hydrogen-bond donors (Lipinski definition) is 3. The third-order valence-corrected chi connectivity index (χ3v) is 12.2. The Balaban J connectivity index is 1.47. The molecule has 0 aliphatic carbocycles. The molecule has 0 spiro atoms. The van der Waals surface area contributed by atoms with Crippen molar-refractivity contribution in [2.75, 3.05) is 40.9 Å². The molecule has 300 valence electrons. The lowest BCUT2D eigenvalue weighted by Crippen LogP contribution is -2.59. The maximum atomic E-state index is 15.3. The van der Waals surface area contributed by atoms with Gasteiger partial charge < -0.3 is 35.2 Å². The van der Waals surface area contributed by atoms with Crippen LogP contribution in [0.5, 0.6) is 0 Å². The summed E-state index contributed by atoms with van der Waals surface area (Å²) in [6.07, 6.45) is 3.26. The van der Waals surface area contributed by atoms with Gasteiger partial charge in [0.15, 0.2) is 0 Å². The van der Waals surface area contributed by atoms with Crippen LogP contribution in [0.4, 0.5) is 4.39 Å². The van der Waals surface area contributed by atoms with Gasteiger partial charge in [-0.05, 0) is 43.2 Å². The third-order valence-electron chi connectivity index (χ3n) is 11.3. The minimum atomic E-state index is -2.07. The second-order valence-corrected chi connectivity index (χ2v) is 16.2. The van der Waals surface area contributed by atoms with Crippen LogP contribution in [0.15, 0.2) is 41.9 Å². The fourth-order valence-corrected chi connectivity index (χ4v) is 8.61. The van der Waals surface area contributed by atoms with Gasteiger partial charge in [0, 0.05) is 52.4 Å². The van der Waals surface area contributed by atoms with E-state index >= 15 is 4.39 Å². The first kappa shape index (κ1) is 43.3. The maximum absolute atomic E-state index is 15.3. The summed E-state index contributed by atoms with van der Waals surface area (Å²) >= 11 is 1.49. The number of likely N-dealkylation sites (N-methyl/N-ethyl adjacent to an activating group) is 1. The smallest absolute Gasteiger partial charge is 0.259 e. The first-order valence-electron chi connectivity index (χ1n) is 19.3. The number of benzene rings is 1. The van der Waals surface area contributed by atoms with Gasteiger partial charge in [0.25, 0.3) is 5.91 Å². The predicted molar refractivity (Wildman–Crippen MR) is 207 cm³/mol. The second-order valence-electron chi connectivity index (χ2n) is 15.3. The first-order valence-corrected chi connectivity index (χ1v) is 20.2. The normalized spacial score (nSPS) is 22.6. The van der Waals surface area contributed by atoms with Gasteiger partial charge in [0.1, 0.15) is 11.0 Å². The number of thiazole rings is 1. The van der Waals surface area contributed by atoms with E-state index in [9.17, 15) is 19.2 Å².